The number of carbonyl (C=O) groups is 3. The molecule has 0 fully saturated rings. The van der Waals surface area contributed by atoms with Gasteiger partial charge in [-0.15, -0.1) is 0 Å². The van der Waals surface area contributed by atoms with Gasteiger partial charge in [0.25, 0.3) is 5.91 Å². The summed E-state index contributed by atoms with van der Waals surface area (Å²) in [7, 11) is 2.82. The molecule has 2 amide bonds. The zero-order chi connectivity index (χ0) is 19.9. The number of aliphatic hydroxyl groups excluding tert-OH is 1. The Balaban J connectivity index is 3.50. The van der Waals surface area contributed by atoms with Crippen LogP contribution >= 0.6 is 0 Å². The molecule has 26 heavy (non-hydrogen) atoms. The van der Waals surface area contributed by atoms with Crippen molar-refractivity contribution in [3.8, 4) is 0 Å². The lowest BCUT2D eigenvalue weighted by Crippen LogP contribution is -2.35. The molecule has 8 nitrogen and oxygen atoms in total. The highest BCUT2D eigenvalue weighted by molar-refractivity contribution is 6.23. The normalized spacial score (nSPS) is 12.1. The monoisotopic (exact) mass is 365 g/mol. The lowest BCUT2D eigenvalue weighted by Gasteiger charge is -2.17. The molecular weight excluding hydrogens is 345 g/mol. The first-order chi connectivity index (χ1) is 12.2. The summed E-state index contributed by atoms with van der Waals surface area (Å²) in [5.41, 5.74) is 0.0804. The van der Waals surface area contributed by atoms with E-state index < -0.39 is 35.6 Å². The fourth-order valence-electron chi connectivity index (χ4n) is 1.87. The highest BCUT2D eigenvalue weighted by Crippen LogP contribution is 2.20. The number of ether oxygens (including phenoxy) is 1. The number of nitrogens with zero attached hydrogens (tertiary/aromatic N) is 2. The second-order valence-electron chi connectivity index (χ2n) is 5.48. The molecule has 0 aliphatic rings. The second kappa shape index (κ2) is 9.30. The van der Waals surface area contributed by atoms with Crippen LogP contribution in [0.3, 0.4) is 0 Å². The molecule has 1 aromatic carbocycles. The molecule has 0 radical (unpaired) electrons. The molecule has 0 spiro atoms. The van der Waals surface area contributed by atoms with Crippen LogP contribution in [0, 0.1) is 12.7 Å². The van der Waals surface area contributed by atoms with Crippen molar-refractivity contribution in [2.75, 3.05) is 20.7 Å². The summed E-state index contributed by atoms with van der Waals surface area (Å²) < 4.78 is 18.7. The van der Waals surface area contributed by atoms with Crippen LogP contribution < -0.4 is 5.32 Å². The van der Waals surface area contributed by atoms with E-state index in [1.54, 1.807) is 13.0 Å². The van der Waals surface area contributed by atoms with E-state index in [1.165, 1.54) is 26.2 Å². The number of hydrogen-bond acceptors (Lipinski definition) is 6. The van der Waals surface area contributed by atoms with Gasteiger partial charge >= 0.3 is 5.97 Å². The van der Waals surface area contributed by atoms with Gasteiger partial charge in [-0.1, -0.05) is 6.07 Å². The Bertz CT molecular complexity index is 772. The Hall–Kier alpha value is -3.23. The first-order valence-corrected chi connectivity index (χ1v) is 7.49. The lowest BCUT2D eigenvalue weighted by atomic mass is 10.1. The molecular formula is C17H20FN3O5. The van der Waals surface area contributed by atoms with Gasteiger partial charge in [-0.3, -0.25) is 14.4 Å². The van der Waals surface area contributed by atoms with Gasteiger partial charge in [0.2, 0.25) is 6.41 Å². The van der Waals surface area contributed by atoms with Gasteiger partial charge in [0.1, 0.15) is 35.3 Å². The van der Waals surface area contributed by atoms with E-state index >= 15 is 0 Å². The van der Waals surface area contributed by atoms with Crippen molar-refractivity contribution in [1.29, 1.82) is 0 Å². The summed E-state index contributed by atoms with van der Waals surface area (Å²) in [4.78, 5) is 39.3. The summed E-state index contributed by atoms with van der Waals surface area (Å²) in [5.74, 6) is -3.10. The average molecular weight is 365 g/mol. The molecule has 140 valence electrons. The molecule has 0 atom stereocenters. The molecule has 0 saturated heterocycles. The Morgan fingerprint density at radius 2 is 2.04 bits per heavy atom. The maximum atomic E-state index is 14.1. The van der Waals surface area contributed by atoms with Crippen molar-refractivity contribution in [2.24, 2.45) is 4.99 Å². The van der Waals surface area contributed by atoms with E-state index in [4.69, 9.17) is 0 Å². The largest absolute Gasteiger partial charge is 0.508 e. The van der Waals surface area contributed by atoms with Crippen molar-refractivity contribution in [2.45, 2.75) is 13.8 Å². The number of aryl methyl sites for hydroxylation is 1. The van der Waals surface area contributed by atoms with Crippen molar-refractivity contribution >= 4 is 29.8 Å². The predicted octanol–water partition coefficient (Wildman–Crippen LogP) is 1.37. The SMILES string of the molecule is CC(=O)OC/C(O)=C(\C(=O)N(C)C)C(=Nc1ccc(C)cc1F)NC=O. The van der Waals surface area contributed by atoms with Crippen LogP contribution in [0.1, 0.15) is 12.5 Å². The Morgan fingerprint density at radius 1 is 1.38 bits per heavy atom. The fourth-order valence-corrected chi connectivity index (χ4v) is 1.87. The third kappa shape index (κ3) is 5.69. The molecule has 0 aromatic heterocycles. The van der Waals surface area contributed by atoms with Crippen LogP contribution in [0.25, 0.3) is 0 Å². The summed E-state index contributed by atoms with van der Waals surface area (Å²) >= 11 is 0. The zero-order valence-corrected chi connectivity index (χ0v) is 14.9. The summed E-state index contributed by atoms with van der Waals surface area (Å²) in [6, 6.07) is 4.18. The van der Waals surface area contributed by atoms with E-state index in [0.717, 1.165) is 11.8 Å². The summed E-state index contributed by atoms with van der Waals surface area (Å²) in [6.45, 7) is 2.20. The maximum Gasteiger partial charge on any atom is 0.303 e. The van der Waals surface area contributed by atoms with E-state index in [9.17, 15) is 23.9 Å². The lowest BCUT2D eigenvalue weighted by molar-refractivity contribution is -0.141. The molecule has 1 rings (SSSR count). The highest BCUT2D eigenvalue weighted by Gasteiger charge is 2.24. The van der Waals surface area contributed by atoms with Crippen molar-refractivity contribution < 1.29 is 28.6 Å². The van der Waals surface area contributed by atoms with Crippen LogP contribution in [-0.4, -0.2) is 54.8 Å². The summed E-state index contributed by atoms with van der Waals surface area (Å²) in [5, 5.41) is 12.4. The van der Waals surface area contributed by atoms with E-state index in [0.29, 0.717) is 5.56 Å². The molecule has 0 bridgehead atoms. The minimum atomic E-state index is -0.727. The topological polar surface area (TPSA) is 108 Å². The number of benzene rings is 1. The van der Waals surface area contributed by atoms with E-state index in [1.807, 2.05) is 0 Å². The smallest absolute Gasteiger partial charge is 0.303 e. The van der Waals surface area contributed by atoms with Gasteiger partial charge in [-0.05, 0) is 24.6 Å². The number of esters is 1. The number of amides is 2. The summed E-state index contributed by atoms with van der Waals surface area (Å²) in [6.07, 6.45) is 0.229. The average Bonchev–Trinajstić information content (AvgIpc) is 2.55. The second-order valence-corrected chi connectivity index (χ2v) is 5.48. The predicted molar refractivity (Wildman–Crippen MR) is 92.4 cm³/mol. The number of aliphatic imine (C=N–C) groups is 1. The molecule has 0 unspecified atom stereocenters. The highest BCUT2D eigenvalue weighted by atomic mass is 19.1. The number of carbonyl (C=O) groups excluding carboxylic acids is 3. The van der Waals surface area contributed by atoms with Crippen LogP contribution in [-0.2, 0) is 19.1 Å². The van der Waals surface area contributed by atoms with Gasteiger partial charge < -0.3 is 20.1 Å². The van der Waals surface area contributed by atoms with Crippen LogP contribution in [0.5, 0.6) is 0 Å². The number of nitrogens with one attached hydrogen (secondary N) is 1. The molecule has 0 aliphatic heterocycles. The molecule has 0 heterocycles. The van der Waals surface area contributed by atoms with E-state index in [-0.39, 0.29) is 17.9 Å². The molecule has 1 aromatic rings. The van der Waals surface area contributed by atoms with Crippen LogP contribution in [0.15, 0.2) is 34.5 Å². The Morgan fingerprint density at radius 3 is 2.54 bits per heavy atom. The van der Waals surface area contributed by atoms with Gasteiger partial charge in [0, 0.05) is 21.0 Å². The number of aliphatic hydroxyl groups is 1. The third-order valence-electron chi connectivity index (χ3n) is 3.09. The van der Waals surface area contributed by atoms with Gasteiger partial charge in [-0.2, -0.15) is 0 Å². The Kier molecular flexibility index (Phi) is 7.45. The fraction of sp³-hybridized carbons (Fsp3) is 0.294. The standard InChI is InChI=1S/C17H20FN3O5/c1-10-5-6-13(12(18)7-10)20-16(19-9-22)15(17(25)21(3)4)14(24)8-26-11(2)23/h5-7,9,24H,8H2,1-4H3,(H,19,20,22)/b15-14+. The third-order valence-corrected chi connectivity index (χ3v) is 3.09. The maximum absolute atomic E-state index is 14.1. The molecule has 2 N–H and O–H groups in total. The molecule has 9 heteroatoms. The van der Waals surface area contributed by atoms with Gasteiger partial charge in [-0.25, -0.2) is 9.38 Å². The molecule has 0 aliphatic carbocycles. The van der Waals surface area contributed by atoms with Crippen LogP contribution in [0.2, 0.25) is 0 Å². The number of amidine groups is 1. The quantitative estimate of drug-likeness (QED) is 0.198. The van der Waals surface area contributed by atoms with Gasteiger partial charge in [0.05, 0.1) is 0 Å². The number of rotatable bonds is 6. The zero-order valence-electron chi connectivity index (χ0n) is 14.9. The molecule has 0 saturated carbocycles. The first-order valence-electron chi connectivity index (χ1n) is 7.49. The minimum Gasteiger partial charge on any atom is -0.508 e. The Labute approximate surface area is 150 Å². The van der Waals surface area contributed by atoms with Crippen molar-refractivity contribution in [1.82, 2.24) is 10.2 Å². The van der Waals surface area contributed by atoms with Crippen LogP contribution in [0.4, 0.5) is 10.1 Å². The van der Waals surface area contributed by atoms with E-state index in [2.05, 4.69) is 15.0 Å². The number of likely N-dealkylation sites (N-methyl/N-ethyl adjacent to an activating group) is 1. The van der Waals surface area contributed by atoms with Gasteiger partial charge in [0.15, 0.2) is 0 Å². The van der Waals surface area contributed by atoms with Crippen molar-refractivity contribution in [3.63, 3.8) is 0 Å². The minimum absolute atomic E-state index is 0.149. The number of halogens is 1. The number of hydrogen-bond donors (Lipinski definition) is 2. The first kappa shape index (κ1) is 20.8. The van der Waals surface area contributed by atoms with Crippen molar-refractivity contribution in [3.05, 3.63) is 40.9 Å².